The summed E-state index contributed by atoms with van der Waals surface area (Å²) < 4.78 is 30.3. The first-order valence-electron chi connectivity index (χ1n) is 4.13. The van der Waals surface area contributed by atoms with Crippen molar-refractivity contribution < 1.29 is 18.3 Å². The van der Waals surface area contributed by atoms with Gasteiger partial charge in [-0.15, -0.1) is 0 Å². The minimum Gasteiger partial charge on any atom is -0.488 e. The van der Waals surface area contributed by atoms with E-state index in [9.17, 15) is 13.6 Å². The SMILES string of the molecule is NC(=O)C(N)COc1ccc(F)cc1F. The van der Waals surface area contributed by atoms with Crippen molar-refractivity contribution in [3.8, 4) is 5.75 Å². The van der Waals surface area contributed by atoms with Gasteiger partial charge in [0.15, 0.2) is 11.6 Å². The van der Waals surface area contributed by atoms with E-state index in [1.54, 1.807) is 0 Å². The third-order valence-electron chi connectivity index (χ3n) is 1.68. The fourth-order valence-electron chi connectivity index (χ4n) is 0.854. The standard InChI is InChI=1S/C9H10F2N2O2/c10-5-1-2-8(6(11)3-5)15-4-7(12)9(13)14/h1-3,7H,4,12H2,(H2,13,14). The summed E-state index contributed by atoms with van der Waals surface area (Å²) in [6.45, 7) is -0.252. The van der Waals surface area contributed by atoms with Crippen LogP contribution in [0.4, 0.5) is 8.78 Å². The minimum atomic E-state index is -1.02. The molecule has 1 unspecified atom stereocenters. The van der Waals surface area contributed by atoms with Crippen molar-refractivity contribution in [3.05, 3.63) is 29.8 Å². The lowest BCUT2D eigenvalue weighted by molar-refractivity contribution is -0.119. The number of carbonyl (C=O) groups is 1. The Bertz CT molecular complexity index is 371. The van der Waals surface area contributed by atoms with Gasteiger partial charge in [0.2, 0.25) is 5.91 Å². The van der Waals surface area contributed by atoms with Gasteiger partial charge in [0, 0.05) is 6.07 Å². The Hall–Kier alpha value is -1.69. The number of primary amides is 1. The Morgan fingerprint density at radius 3 is 2.67 bits per heavy atom. The normalized spacial score (nSPS) is 12.2. The molecule has 0 heterocycles. The van der Waals surface area contributed by atoms with Crippen molar-refractivity contribution in [2.45, 2.75) is 6.04 Å². The van der Waals surface area contributed by atoms with Crippen molar-refractivity contribution in [2.24, 2.45) is 11.5 Å². The molecule has 0 radical (unpaired) electrons. The molecule has 0 bridgehead atoms. The zero-order chi connectivity index (χ0) is 11.4. The summed E-state index contributed by atoms with van der Waals surface area (Å²) in [7, 11) is 0. The third kappa shape index (κ3) is 3.17. The van der Waals surface area contributed by atoms with E-state index in [2.05, 4.69) is 0 Å². The summed E-state index contributed by atoms with van der Waals surface area (Å²) >= 11 is 0. The summed E-state index contributed by atoms with van der Waals surface area (Å²) in [6, 6.07) is 1.80. The molecule has 1 rings (SSSR count). The molecule has 82 valence electrons. The minimum absolute atomic E-state index is 0.173. The first-order valence-corrected chi connectivity index (χ1v) is 4.13. The first kappa shape index (κ1) is 11.4. The van der Waals surface area contributed by atoms with Crippen LogP contribution in [0.25, 0.3) is 0 Å². The zero-order valence-electron chi connectivity index (χ0n) is 7.74. The monoisotopic (exact) mass is 216 g/mol. The zero-order valence-corrected chi connectivity index (χ0v) is 7.74. The van der Waals surface area contributed by atoms with Crippen LogP contribution in [-0.4, -0.2) is 18.6 Å². The van der Waals surface area contributed by atoms with Crippen molar-refractivity contribution in [1.29, 1.82) is 0 Å². The molecule has 4 nitrogen and oxygen atoms in total. The van der Waals surface area contributed by atoms with E-state index < -0.39 is 23.6 Å². The second-order valence-electron chi connectivity index (χ2n) is 2.89. The van der Waals surface area contributed by atoms with Gasteiger partial charge in [0.05, 0.1) is 0 Å². The van der Waals surface area contributed by atoms with E-state index in [-0.39, 0.29) is 12.4 Å². The van der Waals surface area contributed by atoms with Crippen molar-refractivity contribution in [3.63, 3.8) is 0 Å². The molecule has 4 N–H and O–H groups in total. The largest absolute Gasteiger partial charge is 0.488 e. The van der Waals surface area contributed by atoms with Gasteiger partial charge in [0.25, 0.3) is 0 Å². The summed E-state index contributed by atoms with van der Waals surface area (Å²) in [5.74, 6) is -2.49. The highest BCUT2D eigenvalue weighted by Crippen LogP contribution is 2.17. The molecule has 0 aromatic heterocycles. The highest BCUT2D eigenvalue weighted by molar-refractivity contribution is 5.79. The van der Waals surface area contributed by atoms with Gasteiger partial charge in [0.1, 0.15) is 18.5 Å². The Labute approximate surface area is 84.8 Å². The Morgan fingerprint density at radius 1 is 1.47 bits per heavy atom. The van der Waals surface area contributed by atoms with E-state index in [0.717, 1.165) is 12.1 Å². The van der Waals surface area contributed by atoms with Gasteiger partial charge in [-0.3, -0.25) is 4.79 Å². The molecule has 0 aliphatic carbocycles. The van der Waals surface area contributed by atoms with E-state index >= 15 is 0 Å². The summed E-state index contributed by atoms with van der Waals surface area (Å²) in [5, 5.41) is 0. The highest BCUT2D eigenvalue weighted by atomic mass is 19.1. The first-order chi connectivity index (χ1) is 7.00. The molecule has 0 aliphatic rings. The number of rotatable bonds is 4. The van der Waals surface area contributed by atoms with Crippen LogP contribution in [0.5, 0.6) is 5.75 Å². The lowest BCUT2D eigenvalue weighted by Gasteiger charge is -2.10. The number of nitrogens with two attached hydrogens (primary N) is 2. The molecule has 0 fully saturated rings. The molecular weight excluding hydrogens is 206 g/mol. The van der Waals surface area contributed by atoms with Gasteiger partial charge in [-0.25, -0.2) is 8.78 Å². The molecule has 1 aromatic carbocycles. The van der Waals surface area contributed by atoms with Crippen LogP contribution in [0, 0.1) is 11.6 Å². The number of carbonyl (C=O) groups excluding carboxylic acids is 1. The summed E-state index contributed by atoms with van der Waals surface area (Å²) in [5.41, 5.74) is 10.1. The van der Waals surface area contributed by atoms with Gasteiger partial charge in [-0.05, 0) is 12.1 Å². The number of hydrogen-bond donors (Lipinski definition) is 2. The van der Waals surface area contributed by atoms with Crippen LogP contribution < -0.4 is 16.2 Å². The number of amides is 1. The molecule has 0 saturated heterocycles. The van der Waals surface area contributed by atoms with Crippen molar-refractivity contribution in [2.75, 3.05) is 6.61 Å². The van der Waals surface area contributed by atoms with Crippen molar-refractivity contribution >= 4 is 5.91 Å². The predicted molar refractivity (Wildman–Crippen MR) is 49.0 cm³/mol. The van der Waals surface area contributed by atoms with Crippen molar-refractivity contribution in [1.82, 2.24) is 0 Å². The maximum Gasteiger partial charge on any atom is 0.237 e. The maximum atomic E-state index is 13.0. The van der Waals surface area contributed by atoms with Crippen LogP contribution >= 0.6 is 0 Å². The predicted octanol–water partition coefficient (Wildman–Crippen LogP) is 0.156. The fraction of sp³-hybridized carbons (Fsp3) is 0.222. The lowest BCUT2D eigenvalue weighted by Crippen LogP contribution is -2.41. The van der Waals surface area contributed by atoms with Crippen LogP contribution in [-0.2, 0) is 4.79 Å². The molecule has 0 spiro atoms. The number of halogens is 2. The third-order valence-corrected chi connectivity index (χ3v) is 1.68. The number of benzene rings is 1. The maximum absolute atomic E-state index is 13.0. The van der Waals surface area contributed by atoms with E-state index in [0.29, 0.717) is 6.07 Å². The van der Waals surface area contributed by atoms with E-state index in [1.165, 1.54) is 0 Å². The quantitative estimate of drug-likeness (QED) is 0.752. The smallest absolute Gasteiger partial charge is 0.237 e. The molecule has 0 saturated carbocycles. The fourth-order valence-corrected chi connectivity index (χ4v) is 0.854. The number of hydrogen-bond acceptors (Lipinski definition) is 3. The van der Waals surface area contributed by atoms with Crippen LogP contribution in [0.2, 0.25) is 0 Å². The molecule has 1 amide bonds. The second-order valence-corrected chi connectivity index (χ2v) is 2.89. The number of ether oxygens (including phenoxy) is 1. The Kier molecular flexibility index (Phi) is 3.56. The molecular formula is C9H10F2N2O2. The van der Waals surface area contributed by atoms with Crippen LogP contribution in [0.1, 0.15) is 0 Å². The molecule has 1 atom stereocenters. The van der Waals surface area contributed by atoms with Gasteiger partial charge in [-0.1, -0.05) is 0 Å². The topological polar surface area (TPSA) is 78.3 Å². The second kappa shape index (κ2) is 4.70. The Balaban J connectivity index is 2.62. The lowest BCUT2D eigenvalue weighted by atomic mass is 10.3. The summed E-state index contributed by atoms with van der Waals surface area (Å²) in [6.07, 6.45) is 0. The van der Waals surface area contributed by atoms with E-state index in [4.69, 9.17) is 16.2 Å². The molecule has 6 heteroatoms. The molecule has 15 heavy (non-hydrogen) atoms. The molecule has 0 aliphatic heterocycles. The van der Waals surface area contributed by atoms with Gasteiger partial charge < -0.3 is 16.2 Å². The highest BCUT2D eigenvalue weighted by Gasteiger charge is 2.11. The Morgan fingerprint density at radius 2 is 2.13 bits per heavy atom. The summed E-state index contributed by atoms with van der Waals surface area (Å²) in [4.78, 5) is 10.5. The van der Waals surface area contributed by atoms with Crippen LogP contribution in [0.3, 0.4) is 0 Å². The average Bonchev–Trinajstić information content (AvgIpc) is 2.15. The van der Waals surface area contributed by atoms with E-state index in [1.807, 2.05) is 0 Å². The molecule has 1 aromatic rings. The van der Waals surface area contributed by atoms with Gasteiger partial charge >= 0.3 is 0 Å². The van der Waals surface area contributed by atoms with Gasteiger partial charge in [-0.2, -0.15) is 0 Å². The average molecular weight is 216 g/mol. The van der Waals surface area contributed by atoms with Crippen LogP contribution in [0.15, 0.2) is 18.2 Å².